The lowest BCUT2D eigenvalue weighted by Crippen LogP contribution is -2.50. The summed E-state index contributed by atoms with van der Waals surface area (Å²) < 4.78 is 0. The van der Waals surface area contributed by atoms with Crippen LogP contribution in [0.25, 0.3) is 0 Å². The minimum Gasteiger partial charge on any atom is -0.323 e. The molecule has 0 aliphatic heterocycles. The zero-order valence-electron chi connectivity index (χ0n) is 9.37. The molecule has 3 N–H and O–H groups in total. The van der Waals surface area contributed by atoms with Crippen molar-refractivity contribution >= 4 is 0 Å². The van der Waals surface area contributed by atoms with E-state index in [0.717, 1.165) is 6.54 Å². The fraction of sp³-hybridized carbons (Fsp3) is 0.538. The van der Waals surface area contributed by atoms with Crippen molar-refractivity contribution in [2.24, 2.45) is 5.73 Å². The Hall–Kier alpha value is -0.860. The topological polar surface area (TPSA) is 38.0 Å². The third-order valence-electron chi connectivity index (χ3n) is 3.43. The van der Waals surface area contributed by atoms with Crippen LogP contribution in [0.5, 0.6) is 0 Å². The lowest BCUT2D eigenvalue weighted by molar-refractivity contribution is 0.205. The van der Waals surface area contributed by atoms with Gasteiger partial charge in [0.25, 0.3) is 0 Å². The van der Waals surface area contributed by atoms with Gasteiger partial charge in [-0.2, -0.15) is 0 Å². The maximum atomic E-state index is 6.12. The highest BCUT2D eigenvalue weighted by Gasteiger charge is 2.31. The Morgan fingerprint density at radius 1 is 1.33 bits per heavy atom. The predicted molar refractivity (Wildman–Crippen MR) is 63.6 cm³/mol. The molecule has 1 aliphatic rings. The number of nitrogens with one attached hydrogen (secondary N) is 1. The van der Waals surface area contributed by atoms with Crippen LogP contribution >= 0.6 is 0 Å². The molecule has 0 radical (unpaired) electrons. The van der Waals surface area contributed by atoms with Gasteiger partial charge in [0.2, 0.25) is 0 Å². The average Bonchev–Trinajstić information content (AvgIpc) is 2.24. The molecule has 0 amide bonds. The van der Waals surface area contributed by atoms with Gasteiger partial charge in [-0.05, 0) is 31.7 Å². The standard InChI is InChI=1S/C13H20N2/c1-13(8-5-9-13)15-10-12(14)11-6-3-2-4-7-11/h2-4,6-7,12,15H,5,8-10,14H2,1H3. The van der Waals surface area contributed by atoms with Gasteiger partial charge in [0.15, 0.2) is 0 Å². The van der Waals surface area contributed by atoms with Crippen LogP contribution in [0.15, 0.2) is 30.3 Å². The molecule has 2 rings (SSSR count). The van der Waals surface area contributed by atoms with E-state index in [2.05, 4.69) is 24.4 Å². The van der Waals surface area contributed by atoms with E-state index in [0.29, 0.717) is 5.54 Å². The predicted octanol–water partition coefficient (Wildman–Crippen LogP) is 2.22. The molecule has 0 spiro atoms. The Kier molecular flexibility index (Phi) is 3.08. The molecule has 0 heterocycles. The molecule has 15 heavy (non-hydrogen) atoms. The molecule has 1 aromatic carbocycles. The van der Waals surface area contributed by atoms with Crippen molar-refractivity contribution < 1.29 is 0 Å². The van der Waals surface area contributed by atoms with E-state index in [-0.39, 0.29) is 6.04 Å². The highest BCUT2D eigenvalue weighted by atomic mass is 15.0. The molecule has 2 heteroatoms. The first kappa shape index (κ1) is 10.7. The van der Waals surface area contributed by atoms with Crippen LogP contribution in [-0.4, -0.2) is 12.1 Å². The summed E-state index contributed by atoms with van der Waals surface area (Å²) in [6.45, 7) is 3.16. The maximum Gasteiger partial charge on any atom is 0.0421 e. The first-order valence-corrected chi connectivity index (χ1v) is 5.75. The smallest absolute Gasteiger partial charge is 0.0421 e. The summed E-state index contributed by atoms with van der Waals surface area (Å²) in [5.41, 5.74) is 7.69. The van der Waals surface area contributed by atoms with E-state index in [1.54, 1.807) is 0 Å². The molecule has 0 aromatic heterocycles. The van der Waals surface area contributed by atoms with Gasteiger partial charge in [0, 0.05) is 18.1 Å². The first-order valence-electron chi connectivity index (χ1n) is 5.75. The van der Waals surface area contributed by atoms with E-state index in [1.807, 2.05) is 18.2 Å². The van der Waals surface area contributed by atoms with Gasteiger partial charge < -0.3 is 11.1 Å². The van der Waals surface area contributed by atoms with Crippen molar-refractivity contribution in [1.29, 1.82) is 0 Å². The van der Waals surface area contributed by atoms with E-state index in [9.17, 15) is 0 Å². The molecule has 1 aliphatic carbocycles. The summed E-state index contributed by atoms with van der Waals surface area (Å²) in [5, 5.41) is 3.57. The van der Waals surface area contributed by atoms with Crippen LogP contribution in [0.2, 0.25) is 0 Å². The Bertz CT molecular complexity index is 304. The van der Waals surface area contributed by atoms with Gasteiger partial charge in [-0.3, -0.25) is 0 Å². The van der Waals surface area contributed by atoms with E-state index < -0.39 is 0 Å². The lowest BCUT2D eigenvalue weighted by atomic mass is 9.78. The summed E-state index contributed by atoms with van der Waals surface area (Å²) >= 11 is 0. The molecule has 1 fully saturated rings. The summed E-state index contributed by atoms with van der Waals surface area (Å²) in [5.74, 6) is 0. The lowest BCUT2D eigenvalue weighted by Gasteiger charge is -2.40. The second-order valence-electron chi connectivity index (χ2n) is 4.81. The van der Waals surface area contributed by atoms with Gasteiger partial charge in [-0.25, -0.2) is 0 Å². The minimum atomic E-state index is 0.114. The van der Waals surface area contributed by atoms with E-state index >= 15 is 0 Å². The molecule has 1 unspecified atom stereocenters. The van der Waals surface area contributed by atoms with Crippen LogP contribution in [-0.2, 0) is 0 Å². The Morgan fingerprint density at radius 3 is 2.53 bits per heavy atom. The zero-order chi connectivity index (χ0) is 10.7. The van der Waals surface area contributed by atoms with Crippen molar-refractivity contribution in [2.45, 2.75) is 37.8 Å². The number of hydrogen-bond acceptors (Lipinski definition) is 2. The van der Waals surface area contributed by atoms with Crippen LogP contribution in [0.1, 0.15) is 37.8 Å². The van der Waals surface area contributed by atoms with Crippen molar-refractivity contribution in [3.05, 3.63) is 35.9 Å². The molecule has 2 nitrogen and oxygen atoms in total. The average molecular weight is 204 g/mol. The number of nitrogens with two attached hydrogens (primary N) is 1. The molecule has 82 valence electrons. The Labute approximate surface area is 91.9 Å². The molecule has 0 saturated heterocycles. The second kappa shape index (κ2) is 4.33. The van der Waals surface area contributed by atoms with Crippen LogP contribution in [0.3, 0.4) is 0 Å². The zero-order valence-corrected chi connectivity index (χ0v) is 9.37. The van der Waals surface area contributed by atoms with Gasteiger partial charge in [0.05, 0.1) is 0 Å². The highest BCUT2D eigenvalue weighted by molar-refractivity contribution is 5.18. The number of rotatable bonds is 4. The molecule has 1 aromatic rings. The van der Waals surface area contributed by atoms with Crippen molar-refractivity contribution in [1.82, 2.24) is 5.32 Å². The number of hydrogen-bond donors (Lipinski definition) is 2. The fourth-order valence-electron chi connectivity index (χ4n) is 2.06. The second-order valence-corrected chi connectivity index (χ2v) is 4.81. The van der Waals surface area contributed by atoms with Gasteiger partial charge in [-0.15, -0.1) is 0 Å². The minimum absolute atomic E-state index is 0.114. The SMILES string of the molecule is CC1(NCC(N)c2ccccc2)CCC1. The fourth-order valence-corrected chi connectivity index (χ4v) is 2.06. The highest BCUT2D eigenvalue weighted by Crippen LogP contribution is 2.31. The molecular formula is C13H20N2. The van der Waals surface area contributed by atoms with Gasteiger partial charge >= 0.3 is 0 Å². The van der Waals surface area contributed by atoms with Crippen molar-refractivity contribution in [3.8, 4) is 0 Å². The largest absolute Gasteiger partial charge is 0.323 e. The summed E-state index contributed by atoms with van der Waals surface area (Å²) in [6, 6.07) is 10.4. The monoisotopic (exact) mass is 204 g/mol. The number of benzene rings is 1. The van der Waals surface area contributed by atoms with Gasteiger partial charge in [0.1, 0.15) is 0 Å². The normalized spacial score (nSPS) is 20.7. The summed E-state index contributed by atoms with van der Waals surface area (Å²) in [6.07, 6.45) is 3.92. The summed E-state index contributed by atoms with van der Waals surface area (Å²) in [4.78, 5) is 0. The van der Waals surface area contributed by atoms with E-state index in [1.165, 1.54) is 24.8 Å². The molecule has 0 bridgehead atoms. The first-order chi connectivity index (χ1) is 7.20. The quantitative estimate of drug-likeness (QED) is 0.789. The van der Waals surface area contributed by atoms with Crippen LogP contribution in [0, 0.1) is 0 Å². The Morgan fingerprint density at radius 2 is 2.00 bits per heavy atom. The third-order valence-corrected chi connectivity index (χ3v) is 3.43. The van der Waals surface area contributed by atoms with Crippen molar-refractivity contribution in [2.75, 3.05) is 6.54 Å². The molecular weight excluding hydrogens is 184 g/mol. The van der Waals surface area contributed by atoms with Crippen molar-refractivity contribution in [3.63, 3.8) is 0 Å². The van der Waals surface area contributed by atoms with Crippen LogP contribution in [0.4, 0.5) is 0 Å². The molecule has 1 atom stereocenters. The van der Waals surface area contributed by atoms with Crippen LogP contribution < -0.4 is 11.1 Å². The molecule has 1 saturated carbocycles. The third kappa shape index (κ3) is 2.58. The maximum absolute atomic E-state index is 6.12. The van der Waals surface area contributed by atoms with E-state index in [4.69, 9.17) is 5.73 Å². The Balaban J connectivity index is 1.85. The summed E-state index contributed by atoms with van der Waals surface area (Å²) in [7, 11) is 0. The van der Waals surface area contributed by atoms with Gasteiger partial charge in [-0.1, -0.05) is 30.3 Å².